The fourth-order valence-corrected chi connectivity index (χ4v) is 2.20. The highest BCUT2D eigenvalue weighted by Crippen LogP contribution is 2.13. The molecule has 1 saturated heterocycles. The molecule has 8 heteroatoms. The van der Waals surface area contributed by atoms with Crippen molar-refractivity contribution in [2.24, 2.45) is 0 Å². The molecule has 1 N–H and O–H groups in total. The van der Waals surface area contributed by atoms with Crippen LogP contribution in [-0.4, -0.2) is 41.7 Å². The maximum Gasteiger partial charge on any atom is 0.437 e. The van der Waals surface area contributed by atoms with E-state index in [1.54, 1.807) is 12.1 Å². The van der Waals surface area contributed by atoms with Crippen molar-refractivity contribution in [2.75, 3.05) is 19.8 Å². The summed E-state index contributed by atoms with van der Waals surface area (Å²) in [5.74, 6) is -0.796. The third-order valence-corrected chi connectivity index (χ3v) is 3.31. The molecule has 0 spiro atoms. The SMILES string of the molecule is O=C(Cn1nc(-c2ccccc2)oc1=O)NCCC1OCCO1. The topological polar surface area (TPSA) is 95.6 Å². The molecular weight excluding hydrogens is 302 g/mol. The molecule has 23 heavy (non-hydrogen) atoms. The lowest BCUT2D eigenvalue weighted by Crippen LogP contribution is -2.33. The lowest BCUT2D eigenvalue weighted by molar-refractivity contribution is -0.122. The van der Waals surface area contributed by atoms with Crippen LogP contribution in [0.5, 0.6) is 0 Å². The molecule has 1 aromatic carbocycles. The largest absolute Gasteiger partial charge is 0.437 e. The van der Waals surface area contributed by atoms with Gasteiger partial charge in [0.2, 0.25) is 11.8 Å². The maximum atomic E-state index is 11.9. The van der Waals surface area contributed by atoms with Crippen LogP contribution in [0, 0.1) is 0 Å². The Bertz CT molecular complexity index is 703. The van der Waals surface area contributed by atoms with Crippen LogP contribution in [-0.2, 0) is 20.8 Å². The highest BCUT2D eigenvalue weighted by molar-refractivity contribution is 5.75. The molecule has 2 heterocycles. The number of nitrogens with zero attached hydrogens (tertiary/aromatic N) is 2. The van der Waals surface area contributed by atoms with E-state index < -0.39 is 5.76 Å². The summed E-state index contributed by atoms with van der Waals surface area (Å²) in [6.45, 7) is 1.37. The van der Waals surface area contributed by atoms with Gasteiger partial charge < -0.3 is 19.2 Å². The molecule has 1 aliphatic heterocycles. The third kappa shape index (κ3) is 4.05. The summed E-state index contributed by atoms with van der Waals surface area (Å²) in [4.78, 5) is 23.6. The van der Waals surface area contributed by atoms with E-state index in [4.69, 9.17) is 13.9 Å². The molecule has 3 rings (SSSR count). The van der Waals surface area contributed by atoms with Gasteiger partial charge >= 0.3 is 5.76 Å². The van der Waals surface area contributed by atoms with E-state index in [1.807, 2.05) is 18.2 Å². The number of carbonyl (C=O) groups is 1. The summed E-state index contributed by atoms with van der Waals surface area (Å²) >= 11 is 0. The van der Waals surface area contributed by atoms with Crippen LogP contribution in [0.2, 0.25) is 0 Å². The minimum absolute atomic E-state index is 0.191. The Kier molecular flexibility index (Phi) is 4.84. The second-order valence-corrected chi connectivity index (χ2v) is 5.01. The van der Waals surface area contributed by atoms with Gasteiger partial charge in [-0.1, -0.05) is 18.2 Å². The van der Waals surface area contributed by atoms with Gasteiger partial charge in [0.1, 0.15) is 6.54 Å². The van der Waals surface area contributed by atoms with Crippen molar-refractivity contribution >= 4 is 5.91 Å². The Labute approximate surface area is 132 Å². The quantitative estimate of drug-likeness (QED) is 0.827. The normalized spacial score (nSPS) is 15.0. The number of benzene rings is 1. The van der Waals surface area contributed by atoms with Gasteiger partial charge in [-0.25, -0.2) is 4.79 Å². The summed E-state index contributed by atoms with van der Waals surface area (Å²) in [6, 6.07) is 9.03. The van der Waals surface area contributed by atoms with Gasteiger partial charge in [-0.2, -0.15) is 4.68 Å². The lowest BCUT2D eigenvalue weighted by atomic mass is 10.2. The minimum atomic E-state index is -0.665. The van der Waals surface area contributed by atoms with Crippen molar-refractivity contribution < 1.29 is 18.7 Å². The van der Waals surface area contributed by atoms with Crippen molar-refractivity contribution in [3.8, 4) is 11.5 Å². The predicted molar refractivity (Wildman–Crippen MR) is 79.5 cm³/mol. The first kappa shape index (κ1) is 15.4. The third-order valence-electron chi connectivity index (χ3n) is 3.31. The Morgan fingerprint density at radius 2 is 2.00 bits per heavy atom. The van der Waals surface area contributed by atoms with Gasteiger partial charge in [-0.15, -0.1) is 5.10 Å². The summed E-state index contributed by atoms with van der Waals surface area (Å²) in [5, 5.41) is 6.73. The number of aromatic nitrogens is 2. The van der Waals surface area contributed by atoms with Crippen molar-refractivity contribution in [1.29, 1.82) is 0 Å². The maximum absolute atomic E-state index is 11.9. The van der Waals surface area contributed by atoms with Crippen molar-refractivity contribution in [3.05, 3.63) is 40.9 Å². The van der Waals surface area contributed by atoms with Crippen LogP contribution in [0.4, 0.5) is 0 Å². The molecule has 0 atom stereocenters. The summed E-state index contributed by atoms with van der Waals surface area (Å²) in [6.07, 6.45) is 0.295. The van der Waals surface area contributed by atoms with Gasteiger partial charge in [0.05, 0.1) is 13.2 Å². The van der Waals surface area contributed by atoms with Crippen molar-refractivity contribution in [2.45, 2.75) is 19.3 Å². The number of hydrogen-bond acceptors (Lipinski definition) is 6. The summed E-state index contributed by atoms with van der Waals surface area (Å²) in [7, 11) is 0. The Morgan fingerprint density at radius 3 is 2.74 bits per heavy atom. The molecule has 1 amide bonds. The first-order valence-corrected chi connectivity index (χ1v) is 7.35. The number of ether oxygens (including phenoxy) is 2. The molecule has 1 aromatic heterocycles. The van der Waals surface area contributed by atoms with E-state index in [1.165, 1.54) is 0 Å². The molecular formula is C15H17N3O5. The minimum Gasteiger partial charge on any atom is -0.388 e. The van der Waals surface area contributed by atoms with Gasteiger partial charge in [0.25, 0.3) is 0 Å². The predicted octanol–water partition coefficient (Wildman–Crippen LogP) is 0.382. The molecule has 122 valence electrons. The average molecular weight is 319 g/mol. The lowest BCUT2D eigenvalue weighted by Gasteiger charge is -2.09. The number of nitrogens with one attached hydrogen (secondary N) is 1. The van der Waals surface area contributed by atoms with Crippen molar-refractivity contribution in [3.63, 3.8) is 0 Å². The average Bonchev–Trinajstić information content (AvgIpc) is 3.19. The van der Waals surface area contributed by atoms with E-state index in [2.05, 4.69) is 10.4 Å². The van der Waals surface area contributed by atoms with Crippen LogP contribution in [0.1, 0.15) is 6.42 Å². The fourth-order valence-electron chi connectivity index (χ4n) is 2.20. The summed E-state index contributed by atoms with van der Waals surface area (Å²) in [5.41, 5.74) is 0.680. The van der Waals surface area contributed by atoms with Crippen molar-refractivity contribution in [1.82, 2.24) is 15.1 Å². The first-order chi connectivity index (χ1) is 11.2. The molecule has 2 aromatic rings. The molecule has 0 radical (unpaired) electrons. The molecule has 8 nitrogen and oxygen atoms in total. The second kappa shape index (κ2) is 7.21. The zero-order chi connectivity index (χ0) is 16.1. The molecule has 0 bridgehead atoms. The molecule has 1 fully saturated rings. The highest BCUT2D eigenvalue weighted by Gasteiger charge is 2.16. The number of rotatable bonds is 6. The van der Waals surface area contributed by atoms with Gasteiger partial charge in [0.15, 0.2) is 6.29 Å². The van der Waals surface area contributed by atoms with E-state index in [0.717, 1.165) is 4.68 Å². The molecule has 0 unspecified atom stereocenters. The van der Waals surface area contributed by atoms with Gasteiger partial charge in [-0.05, 0) is 12.1 Å². The summed E-state index contributed by atoms with van der Waals surface area (Å²) < 4.78 is 16.6. The van der Waals surface area contributed by atoms with Crippen LogP contribution < -0.4 is 11.1 Å². The van der Waals surface area contributed by atoms with E-state index >= 15 is 0 Å². The molecule has 0 aliphatic carbocycles. The second-order valence-electron chi connectivity index (χ2n) is 5.01. The monoisotopic (exact) mass is 319 g/mol. The zero-order valence-corrected chi connectivity index (χ0v) is 12.4. The van der Waals surface area contributed by atoms with Crippen LogP contribution >= 0.6 is 0 Å². The Balaban J connectivity index is 1.54. The van der Waals surface area contributed by atoms with Gasteiger partial charge in [0, 0.05) is 18.5 Å². The Morgan fingerprint density at radius 1 is 1.26 bits per heavy atom. The highest BCUT2D eigenvalue weighted by atomic mass is 16.7. The van der Waals surface area contributed by atoms with Crippen LogP contribution in [0.15, 0.2) is 39.5 Å². The number of carbonyl (C=O) groups excluding carboxylic acids is 1. The first-order valence-electron chi connectivity index (χ1n) is 7.35. The van der Waals surface area contributed by atoms with E-state index in [0.29, 0.717) is 31.7 Å². The molecule has 0 saturated carbocycles. The van der Waals surface area contributed by atoms with Gasteiger partial charge in [-0.3, -0.25) is 4.79 Å². The van der Waals surface area contributed by atoms with E-state index in [9.17, 15) is 9.59 Å². The van der Waals surface area contributed by atoms with Crippen LogP contribution in [0.25, 0.3) is 11.5 Å². The standard InChI is InChI=1S/C15H17N3O5/c19-12(16-7-6-13-21-8-9-22-13)10-18-15(20)23-14(17-18)11-4-2-1-3-5-11/h1-5,13H,6-10H2,(H,16,19). The molecule has 1 aliphatic rings. The van der Waals surface area contributed by atoms with Crippen LogP contribution in [0.3, 0.4) is 0 Å². The Hall–Kier alpha value is -2.45. The fraction of sp³-hybridized carbons (Fsp3) is 0.400. The number of hydrogen-bond donors (Lipinski definition) is 1. The number of amides is 1. The zero-order valence-electron chi connectivity index (χ0n) is 12.4. The smallest absolute Gasteiger partial charge is 0.388 e. The van der Waals surface area contributed by atoms with E-state index in [-0.39, 0.29) is 24.6 Å².